The van der Waals surface area contributed by atoms with Crippen LogP contribution < -0.4 is 16.4 Å². The predicted molar refractivity (Wildman–Crippen MR) is 114 cm³/mol. The maximum Gasteiger partial charge on any atom is 0.317 e. The summed E-state index contributed by atoms with van der Waals surface area (Å²) >= 11 is 0. The van der Waals surface area contributed by atoms with Crippen molar-refractivity contribution in [3.8, 4) is 0 Å². The number of hydrogen-bond donors (Lipinski definition) is 5. The molecular weight excluding hydrogens is 402 g/mol. The van der Waals surface area contributed by atoms with E-state index in [-0.39, 0.29) is 36.7 Å². The number of amidine groups is 1. The zero-order valence-corrected chi connectivity index (χ0v) is 17.9. The Kier molecular flexibility index (Phi) is 8.80. The fraction of sp³-hybridized carbons (Fsp3) is 0.524. The molecule has 0 spiro atoms. The van der Waals surface area contributed by atoms with Crippen molar-refractivity contribution in [1.82, 2.24) is 15.5 Å². The first kappa shape index (κ1) is 24.1. The Labute approximate surface area is 181 Å². The van der Waals surface area contributed by atoms with E-state index in [4.69, 9.17) is 16.0 Å². The lowest BCUT2D eigenvalue weighted by atomic mass is 9.97. The zero-order chi connectivity index (χ0) is 23.0. The first-order valence-electron chi connectivity index (χ1n) is 10.4. The number of carbonyl (C=O) groups is 3. The van der Waals surface area contributed by atoms with Crippen LogP contribution in [0.3, 0.4) is 0 Å². The molecule has 10 heteroatoms. The molecule has 0 aromatic heterocycles. The van der Waals surface area contributed by atoms with Gasteiger partial charge >= 0.3 is 5.97 Å². The molecule has 1 saturated heterocycles. The van der Waals surface area contributed by atoms with E-state index in [9.17, 15) is 14.4 Å². The van der Waals surface area contributed by atoms with Gasteiger partial charge < -0.3 is 26.3 Å². The molecule has 3 atom stereocenters. The summed E-state index contributed by atoms with van der Waals surface area (Å²) in [6.07, 6.45) is 1.98. The van der Waals surface area contributed by atoms with E-state index < -0.39 is 18.1 Å². The molecule has 0 aliphatic carbocycles. The van der Waals surface area contributed by atoms with Gasteiger partial charge in [-0.05, 0) is 24.3 Å². The number of likely N-dealkylation sites (tertiary alicyclic amines) is 1. The van der Waals surface area contributed by atoms with Gasteiger partial charge in [0.05, 0.1) is 12.6 Å². The molecular formula is C21H31N5O5. The molecule has 1 fully saturated rings. The number of nitrogens with two attached hydrogens (primary N) is 1. The number of carboxylic acids is 1. The first-order valence-corrected chi connectivity index (χ1v) is 10.4. The van der Waals surface area contributed by atoms with Crippen LogP contribution >= 0.6 is 0 Å². The second-order valence-corrected chi connectivity index (χ2v) is 7.73. The molecule has 1 aliphatic heterocycles. The highest BCUT2D eigenvalue weighted by Gasteiger charge is 2.38. The van der Waals surface area contributed by atoms with Crippen LogP contribution in [0.5, 0.6) is 0 Å². The number of benzene rings is 1. The molecule has 1 aromatic carbocycles. The van der Waals surface area contributed by atoms with Gasteiger partial charge in [-0.15, -0.1) is 0 Å². The molecule has 1 aliphatic rings. The minimum absolute atomic E-state index is 0.00284. The van der Waals surface area contributed by atoms with Gasteiger partial charge in [0.1, 0.15) is 6.04 Å². The molecule has 0 saturated carbocycles. The number of oxime groups is 1. The van der Waals surface area contributed by atoms with Gasteiger partial charge in [-0.1, -0.05) is 49.7 Å². The Hall–Kier alpha value is -3.14. The van der Waals surface area contributed by atoms with Crippen molar-refractivity contribution < 1.29 is 24.7 Å². The fourth-order valence-corrected chi connectivity index (χ4v) is 3.60. The molecule has 31 heavy (non-hydrogen) atoms. The normalized spacial score (nSPS) is 18.5. The monoisotopic (exact) mass is 433 g/mol. The third kappa shape index (κ3) is 6.42. The van der Waals surface area contributed by atoms with Crippen LogP contribution in [-0.2, 0) is 20.9 Å². The summed E-state index contributed by atoms with van der Waals surface area (Å²) < 4.78 is 0. The van der Waals surface area contributed by atoms with E-state index in [1.54, 1.807) is 29.2 Å². The quantitative estimate of drug-likeness (QED) is 0.155. The molecule has 1 heterocycles. The number of rotatable bonds is 10. The molecule has 0 bridgehead atoms. The van der Waals surface area contributed by atoms with Crippen LogP contribution in [0, 0.1) is 5.92 Å². The van der Waals surface area contributed by atoms with Crippen molar-refractivity contribution in [2.24, 2.45) is 16.8 Å². The lowest BCUT2D eigenvalue weighted by molar-refractivity contribution is -0.142. The summed E-state index contributed by atoms with van der Waals surface area (Å²) in [5, 5.41) is 26.3. The van der Waals surface area contributed by atoms with Crippen molar-refractivity contribution >= 4 is 23.6 Å². The molecule has 6 N–H and O–H groups in total. The lowest BCUT2D eigenvalue weighted by Gasteiger charge is -2.31. The average molecular weight is 434 g/mol. The van der Waals surface area contributed by atoms with Crippen LogP contribution in [-0.4, -0.2) is 64.0 Å². The van der Waals surface area contributed by atoms with Gasteiger partial charge in [-0.3, -0.25) is 19.7 Å². The zero-order valence-electron chi connectivity index (χ0n) is 17.9. The Morgan fingerprint density at radius 1 is 1.29 bits per heavy atom. The average Bonchev–Trinajstić information content (AvgIpc) is 3.26. The van der Waals surface area contributed by atoms with E-state index in [2.05, 4.69) is 15.8 Å². The Bertz CT molecular complexity index is 811. The number of carbonyl (C=O) groups excluding carboxylic acids is 2. The summed E-state index contributed by atoms with van der Waals surface area (Å²) in [5.41, 5.74) is 6.94. The maximum absolute atomic E-state index is 13.1. The van der Waals surface area contributed by atoms with E-state index in [1.807, 2.05) is 13.8 Å². The SMILES string of the molecule is CCC(C)C(NCC(=O)O)C(=O)N1CCC[C@H]1C(=O)NCc1ccc(C(N)=NO)cc1. The molecule has 2 unspecified atom stereocenters. The lowest BCUT2D eigenvalue weighted by Crippen LogP contribution is -2.55. The van der Waals surface area contributed by atoms with Crippen LogP contribution in [0.1, 0.15) is 44.2 Å². The van der Waals surface area contributed by atoms with Crippen molar-refractivity contribution in [2.75, 3.05) is 13.1 Å². The van der Waals surface area contributed by atoms with Crippen LogP contribution in [0.15, 0.2) is 29.4 Å². The minimum Gasteiger partial charge on any atom is -0.480 e. The number of amides is 2. The smallest absolute Gasteiger partial charge is 0.317 e. The van der Waals surface area contributed by atoms with Gasteiger partial charge in [-0.2, -0.15) is 0 Å². The summed E-state index contributed by atoms with van der Waals surface area (Å²) in [4.78, 5) is 38.4. The van der Waals surface area contributed by atoms with E-state index >= 15 is 0 Å². The topological polar surface area (TPSA) is 157 Å². The van der Waals surface area contributed by atoms with E-state index in [0.29, 0.717) is 31.4 Å². The molecule has 10 nitrogen and oxygen atoms in total. The minimum atomic E-state index is -1.03. The number of carboxylic acid groups (broad SMARTS) is 1. The fourth-order valence-electron chi connectivity index (χ4n) is 3.60. The third-order valence-electron chi connectivity index (χ3n) is 5.61. The van der Waals surface area contributed by atoms with Crippen molar-refractivity contribution in [2.45, 2.75) is 51.7 Å². The van der Waals surface area contributed by atoms with Crippen molar-refractivity contribution in [3.05, 3.63) is 35.4 Å². The predicted octanol–water partition coefficient (Wildman–Crippen LogP) is 0.477. The Morgan fingerprint density at radius 2 is 1.97 bits per heavy atom. The van der Waals surface area contributed by atoms with Crippen molar-refractivity contribution in [3.63, 3.8) is 0 Å². The molecule has 1 aromatic rings. The Morgan fingerprint density at radius 3 is 2.55 bits per heavy atom. The maximum atomic E-state index is 13.1. The van der Waals surface area contributed by atoms with Gasteiger partial charge in [-0.25, -0.2) is 0 Å². The van der Waals surface area contributed by atoms with Gasteiger partial charge in [0.25, 0.3) is 0 Å². The van der Waals surface area contributed by atoms with Gasteiger partial charge in [0.2, 0.25) is 11.8 Å². The molecule has 170 valence electrons. The van der Waals surface area contributed by atoms with E-state index in [0.717, 1.165) is 5.56 Å². The standard InChI is InChI=1S/C21H31N5O5/c1-3-13(2)18(23-12-17(27)28)21(30)26-10-4-5-16(26)20(29)24-11-14-6-8-15(9-7-14)19(22)25-31/h6-9,13,16,18,23,31H,3-5,10-12H2,1-2H3,(H2,22,25)(H,24,29)(H,27,28)/t13?,16-,18?/m0/s1. The largest absolute Gasteiger partial charge is 0.480 e. The summed E-state index contributed by atoms with van der Waals surface area (Å²) in [7, 11) is 0. The second-order valence-electron chi connectivity index (χ2n) is 7.73. The Balaban J connectivity index is 2.01. The number of nitrogens with zero attached hydrogens (tertiary/aromatic N) is 2. The second kappa shape index (κ2) is 11.3. The number of hydrogen-bond acceptors (Lipinski definition) is 6. The van der Waals surface area contributed by atoms with E-state index in [1.165, 1.54) is 0 Å². The van der Waals surface area contributed by atoms with Gasteiger partial charge in [0, 0.05) is 18.7 Å². The summed E-state index contributed by atoms with van der Waals surface area (Å²) in [6.45, 7) is 4.26. The summed E-state index contributed by atoms with van der Waals surface area (Å²) in [5.74, 6) is -1.58. The number of aliphatic carboxylic acids is 1. The highest BCUT2D eigenvalue weighted by atomic mass is 16.4. The highest BCUT2D eigenvalue weighted by Crippen LogP contribution is 2.21. The molecule has 0 radical (unpaired) electrons. The van der Waals surface area contributed by atoms with Crippen molar-refractivity contribution in [1.29, 1.82) is 0 Å². The third-order valence-corrected chi connectivity index (χ3v) is 5.61. The van der Waals surface area contributed by atoms with Crippen LogP contribution in [0.4, 0.5) is 0 Å². The van der Waals surface area contributed by atoms with Gasteiger partial charge in [0.15, 0.2) is 5.84 Å². The van der Waals surface area contributed by atoms with Crippen LogP contribution in [0.25, 0.3) is 0 Å². The molecule has 2 rings (SSSR count). The van der Waals surface area contributed by atoms with Crippen LogP contribution in [0.2, 0.25) is 0 Å². The highest BCUT2D eigenvalue weighted by molar-refractivity contribution is 5.97. The number of nitrogens with one attached hydrogen (secondary N) is 2. The summed E-state index contributed by atoms with van der Waals surface area (Å²) in [6, 6.07) is 5.67. The first-order chi connectivity index (χ1) is 14.8. The molecule has 2 amide bonds.